The average Bonchev–Trinajstić information content (AvgIpc) is 3.40. The summed E-state index contributed by atoms with van der Waals surface area (Å²) in [7, 11) is -3.56. The molecule has 1 aliphatic heterocycles. The van der Waals surface area contributed by atoms with E-state index in [1.54, 1.807) is 39.4 Å². The van der Waals surface area contributed by atoms with Crippen LogP contribution in [0.1, 0.15) is 37.8 Å². The number of hydrogen-bond acceptors (Lipinski definition) is 7. The van der Waals surface area contributed by atoms with E-state index in [4.69, 9.17) is 4.98 Å². The zero-order valence-electron chi connectivity index (χ0n) is 19.5. The van der Waals surface area contributed by atoms with Crippen molar-refractivity contribution in [3.8, 4) is 5.69 Å². The second-order valence-corrected chi connectivity index (χ2v) is 10.9. The van der Waals surface area contributed by atoms with Crippen LogP contribution in [0.3, 0.4) is 0 Å². The van der Waals surface area contributed by atoms with Gasteiger partial charge in [0.15, 0.2) is 0 Å². The van der Waals surface area contributed by atoms with Gasteiger partial charge >= 0.3 is 0 Å². The van der Waals surface area contributed by atoms with Gasteiger partial charge in [-0.3, -0.25) is 0 Å². The number of nitrogens with one attached hydrogen (secondary N) is 1. The summed E-state index contributed by atoms with van der Waals surface area (Å²) in [5, 5.41) is 7.70. The molecule has 0 amide bonds. The standard InChI is InChI=1S/C24H31N7O2S/c1-19-18-23(28-24(26-19)27-20-6-3-2-4-7-20)29-14-16-30(17-15-29)34(32,33)22-10-8-21(9-11-22)31-13-5-12-25-31/h5,8-13,18,20H,2-4,6-7,14-17H2,1H3,(H,26,27,28). The molecule has 9 nitrogen and oxygen atoms in total. The van der Waals surface area contributed by atoms with Gasteiger partial charge in [0, 0.05) is 56.4 Å². The summed E-state index contributed by atoms with van der Waals surface area (Å²) >= 11 is 0. The van der Waals surface area contributed by atoms with Crippen LogP contribution in [0, 0.1) is 6.92 Å². The van der Waals surface area contributed by atoms with E-state index in [0.29, 0.717) is 43.1 Å². The lowest BCUT2D eigenvalue weighted by Crippen LogP contribution is -2.49. The topological polar surface area (TPSA) is 96.3 Å². The van der Waals surface area contributed by atoms with E-state index in [2.05, 4.69) is 20.3 Å². The molecule has 0 unspecified atom stereocenters. The smallest absolute Gasteiger partial charge is 0.243 e. The lowest BCUT2D eigenvalue weighted by molar-refractivity contribution is 0.383. The molecule has 1 N–H and O–H groups in total. The van der Waals surface area contributed by atoms with E-state index in [1.165, 1.54) is 19.3 Å². The third-order valence-corrected chi connectivity index (χ3v) is 8.50. The number of aromatic nitrogens is 4. The molecule has 1 saturated heterocycles. The van der Waals surface area contributed by atoms with Crippen molar-refractivity contribution < 1.29 is 8.42 Å². The SMILES string of the molecule is Cc1cc(N2CCN(S(=O)(=O)c3ccc(-n4cccn4)cc3)CC2)nc(NC2CCCCC2)n1. The summed E-state index contributed by atoms with van der Waals surface area (Å²) in [5.74, 6) is 1.53. The van der Waals surface area contributed by atoms with Crippen molar-refractivity contribution in [1.29, 1.82) is 0 Å². The molecule has 5 rings (SSSR count). The minimum atomic E-state index is -3.56. The Balaban J connectivity index is 1.24. The Morgan fingerprint density at radius 1 is 0.971 bits per heavy atom. The van der Waals surface area contributed by atoms with Crippen LogP contribution in [0.4, 0.5) is 11.8 Å². The number of hydrogen-bond donors (Lipinski definition) is 1. The Bertz CT molecular complexity index is 1200. The predicted octanol–water partition coefficient (Wildman–Crippen LogP) is 3.23. The van der Waals surface area contributed by atoms with E-state index < -0.39 is 10.0 Å². The Kier molecular flexibility index (Phi) is 6.51. The molecule has 0 radical (unpaired) electrons. The first kappa shape index (κ1) is 22.8. The van der Waals surface area contributed by atoms with E-state index in [0.717, 1.165) is 30.0 Å². The number of aryl methyl sites for hydroxylation is 1. The summed E-state index contributed by atoms with van der Waals surface area (Å²) in [4.78, 5) is 11.8. The molecule has 3 aromatic rings. The van der Waals surface area contributed by atoms with Crippen LogP contribution in [-0.2, 0) is 10.0 Å². The van der Waals surface area contributed by atoms with Gasteiger partial charge in [-0.25, -0.2) is 18.1 Å². The van der Waals surface area contributed by atoms with Crippen molar-refractivity contribution in [3.05, 3.63) is 54.5 Å². The molecule has 0 spiro atoms. The van der Waals surface area contributed by atoms with Crippen LogP contribution in [0.25, 0.3) is 5.69 Å². The van der Waals surface area contributed by atoms with Crippen LogP contribution in [-0.4, -0.2) is 64.7 Å². The molecule has 1 aliphatic carbocycles. The van der Waals surface area contributed by atoms with Gasteiger partial charge in [-0.2, -0.15) is 14.4 Å². The molecule has 1 aromatic carbocycles. The summed E-state index contributed by atoms with van der Waals surface area (Å²) in [6, 6.07) is 11.1. The van der Waals surface area contributed by atoms with E-state index in [9.17, 15) is 8.42 Å². The highest BCUT2D eigenvalue weighted by Crippen LogP contribution is 2.24. The highest BCUT2D eigenvalue weighted by Gasteiger charge is 2.29. The average molecular weight is 482 g/mol. The fraction of sp³-hybridized carbons (Fsp3) is 0.458. The minimum absolute atomic E-state index is 0.300. The normalized spacial score (nSPS) is 18.2. The zero-order valence-corrected chi connectivity index (χ0v) is 20.3. The third-order valence-electron chi connectivity index (χ3n) is 6.59. The molecule has 0 atom stereocenters. The number of sulfonamides is 1. The highest BCUT2D eigenvalue weighted by molar-refractivity contribution is 7.89. The molecule has 180 valence electrons. The van der Waals surface area contributed by atoms with Crippen molar-refractivity contribution >= 4 is 21.8 Å². The number of nitrogens with zero attached hydrogens (tertiary/aromatic N) is 6. The quantitative estimate of drug-likeness (QED) is 0.577. The number of anilines is 2. The van der Waals surface area contributed by atoms with Crippen LogP contribution in [0.2, 0.25) is 0 Å². The van der Waals surface area contributed by atoms with Gasteiger partial charge in [0.1, 0.15) is 5.82 Å². The molecule has 2 fully saturated rings. The Labute approximate surface area is 200 Å². The van der Waals surface area contributed by atoms with Crippen LogP contribution in [0.15, 0.2) is 53.7 Å². The van der Waals surface area contributed by atoms with Crippen LogP contribution >= 0.6 is 0 Å². The van der Waals surface area contributed by atoms with Gasteiger partial charge in [0.2, 0.25) is 16.0 Å². The molecule has 0 bridgehead atoms. The minimum Gasteiger partial charge on any atom is -0.354 e. The van der Waals surface area contributed by atoms with Gasteiger partial charge < -0.3 is 10.2 Å². The lowest BCUT2D eigenvalue weighted by Gasteiger charge is -2.35. The number of rotatable bonds is 6. The van der Waals surface area contributed by atoms with E-state index in [1.807, 2.05) is 25.3 Å². The summed E-state index contributed by atoms with van der Waals surface area (Å²) in [6.45, 7) is 3.98. The molecule has 1 saturated carbocycles. The molecular formula is C24H31N7O2S. The fourth-order valence-electron chi connectivity index (χ4n) is 4.71. The molecule has 10 heteroatoms. The number of benzene rings is 1. The van der Waals surface area contributed by atoms with Crippen molar-refractivity contribution in [1.82, 2.24) is 24.1 Å². The van der Waals surface area contributed by atoms with Crippen molar-refractivity contribution in [2.45, 2.75) is 50.0 Å². The number of piperazine rings is 1. The predicted molar refractivity (Wildman–Crippen MR) is 132 cm³/mol. The molecule has 2 aliphatic rings. The van der Waals surface area contributed by atoms with Gasteiger partial charge in [-0.05, 0) is 50.1 Å². The van der Waals surface area contributed by atoms with Crippen molar-refractivity contribution in [2.24, 2.45) is 0 Å². The zero-order chi connectivity index (χ0) is 23.5. The second-order valence-electron chi connectivity index (χ2n) is 9.01. The Hall–Kier alpha value is -2.98. The highest BCUT2D eigenvalue weighted by atomic mass is 32.2. The van der Waals surface area contributed by atoms with Gasteiger partial charge in [0.05, 0.1) is 10.6 Å². The molecule has 3 heterocycles. The third kappa shape index (κ3) is 4.92. The van der Waals surface area contributed by atoms with Gasteiger partial charge in [-0.1, -0.05) is 19.3 Å². The molecule has 2 aromatic heterocycles. The summed E-state index contributed by atoms with van der Waals surface area (Å²) in [6.07, 6.45) is 9.64. The first-order chi connectivity index (χ1) is 16.5. The second kappa shape index (κ2) is 9.71. The molecule has 34 heavy (non-hydrogen) atoms. The maximum absolute atomic E-state index is 13.2. The van der Waals surface area contributed by atoms with Gasteiger partial charge in [0.25, 0.3) is 0 Å². The van der Waals surface area contributed by atoms with Gasteiger partial charge in [-0.15, -0.1) is 0 Å². The van der Waals surface area contributed by atoms with Crippen molar-refractivity contribution in [2.75, 3.05) is 36.4 Å². The van der Waals surface area contributed by atoms with E-state index >= 15 is 0 Å². The first-order valence-corrected chi connectivity index (χ1v) is 13.4. The lowest BCUT2D eigenvalue weighted by atomic mass is 9.96. The largest absolute Gasteiger partial charge is 0.354 e. The first-order valence-electron chi connectivity index (χ1n) is 12.0. The molecular weight excluding hydrogens is 450 g/mol. The Morgan fingerprint density at radius 3 is 2.38 bits per heavy atom. The van der Waals surface area contributed by atoms with Crippen LogP contribution < -0.4 is 10.2 Å². The van der Waals surface area contributed by atoms with E-state index in [-0.39, 0.29) is 0 Å². The maximum Gasteiger partial charge on any atom is 0.243 e. The van der Waals surface area contributed by atoms with Crippen molar-refractivity contribution in [3.63, 3.8) is 0 Å². The summed E-state index contributed by atoms with van der Waals surface area (Å²) in [5.41, 5.74) is 1.74. The monoisotopic (exact) mass is 481 g/mol. The fourth-order valence-corrected chi connectivity index (χ4v) is 6.13. The summed E-state index contributed by atoms with van der Waals surface area (Å²) < 4.78 is 29.7. The Morgan fingerprint density at radius 2 is 1.71 bits per heavy atom. The maximum atomic E-state index is 13.2. The van der Waals surface area contributed by atoms with Crippen LogP contribution in [0.5, 0.6) is 0 Å².